The van der Waals surface area contributed by atoms with E-state index in [0.717, 1.165) is 13.0 Å². The molecule has 0 unspecified atom stereocenters. The van der Waals surface area contributed by atoms with Gasteiger partial charge in [-0.25, -0.2) is 0 Å². The quantitative estimate of drug-likeness (QED) is 0.147. The molecule has 2 aliphatic heterocycles. The Kier molecular flexibility index (Phi) is 8.92. The molecule has 2 aliphatic rings. The van der Waals surface area contributed by atoms with Crippen LogP contribution < -0.4 is 15.2 Å². The van der Waals surface area contributed by atoms with Gasteiger partial charge in [0.1, 0.15) is 36.6 Å². The molecule has 6 N–H and O–H groups in total. The Morgan fingerprint density at radius 1 is 1.09 bits per heavy atom. The molecule has 2 heterocycles. The first-order valence-corrected chi connectivity index (χ1v) is 10.6. The number of hydrogen-bond acceptors (Lipinski definition) is 13. The maximum atomic E-state index is 12.5. The highest BCUT2D eigenvalue weighted by molar-refractivity contribution is 5.73. The molecule has 10 atom stereocenters. The Bertz CT molecular complexity index is 886. The molecule has 0 bridgehead atoms. The molecule has 1 amide bonds. The van der Waals surface area contributed by atoms with E-state index in [9.17, 15) is 45.5 Å². The lowest BCUT2D eigenvalue weighted by Gasteiger charge is -2.48. The summed E-state index contributed by atoms with van der Waals surface area (Å²) in [5.74, 6) is -0.895. The van der Waals surface area contributed by atoms with Crippen LogP contribution in [0, 0.1) is 10.1 Å². The molecule has 15 nitrogen and oxygen atoms in total. The topological polar surface area (TPSA) is 233 Å². The highest BCUT2D eigenvalue weighted by Crippen LogP contribution is 2.31. The summed E-state index contributed by atoms with van der Waals surface area (Å²) in [6.07, 6.45) is -14.5. The Morgan fingerprint density at radius 3 is 2.40 bits per heavy atom. The number of nitro benzene ring substituents is 1. The Labute approximate surface area is 198 Å². The van der Waals surface area contributed by atoms with E-state index in [1.165, 1.54) is 18.2 Å². The molecule has 196 valence electrons. The molecule has 3 rings (SSSR count). The lowest BCUT2D eigenvalue weighted by molar-refractivity contribution is -0.520. The van der Waals surface area contributed by atoms with Crippen molar-refractivity contribution in [3.63, 3.8) is 0 Å². The van der Waals surface area contributed by atoms with E-state index in [1.807, 2.05) is 0 Å². The lowest BCUT2D eigenvalue weighted by atomic mass is 9.96. The average molecular weight is 503 g/mol. The van der Waals surface area contributed by atoms with E-state index in [0.29, 0.717) is 0 Å². The summed E-state index contributed by atoms with van der Waals surface area (Å²) in [7, 11) is 0. The Hall–Kier alpha value is -2.47. The summed E-state index contributed by atoms with van der Waals surface area (Å²) >= 11 is 0. The number of ether oxygens (including phenoxy) is 4. The minimum absolute atomic E-state index is 0.256. The van der Waals surface area contributed by atoms with Gasteiger partial charge in [0.2, 0.25) is 5.91 Å². The molecule has 2 fully saturated rings. The van der Waals surface area contributed by atoms with Crippen molar-refractivity contribution in [2.24, 2.45) is 0 Å². The van der Waals surface area contributed by atoms with E-state index in [4.69, 9.17) is 18.9 Å². The molecule has 0 spiro atoms. The van der Waals surface area contributed by atoms with E-state index in [2.05, 4.69) is 5.32 Å². The maximum absolute atomic E-state index is 12.5. The number of benzene rings is 1. The molecule has 0 saturated carbocycles. The smallest absolute Gasteiger partial charge is 0.310 e. The summed E-state index contributed by atoms with van der Waals surface area (Å²) in [6.45, 7) is -0.171. The maximum Gasteiger partial charge on any atom is 0.310 e. The number of rotatable bonds is 8. The van der Waals surface area contributed by atoms with Gasteiger partial charge in [-0.15, -0.1) is 0 Å². The van der Waals surface area contributed by atoms with Crippen molar-refractivity contribution in [3.05, 3.63) is 34.4 Å². The van der Waals surface area contributed by atoms with Gasteiger partial charge >= 0.3 is 5.69 Å². The molecular weight excluding hydrogens is 476 g/mol. The minimum Gasteiger partial charge on any atom is -0.829 e. The van der Waals surface area contributed by atoms with Crippen molar-refractivity contribution in [1.29, 1.82) is 0 Å². The number of para-hydroxylation sites is 2. The van der Waals surface area contributed by atoms with Gasteiger partial charge in [0.05, 0.1) is 24.2 Å². The van der Waals surface area contributed by atoms with Crippen LogP contribution in [0.4, 0.5) is 5.69 Å². The number of hydrogen-bond donors (Lipinski definition) is 6. The number of aliphatic hydroxyl groups excluding tert-OH is 5. The van der Waals surface area contributed by atoms with Crippen LogP contribution >= 0.6 is 0 Å². The number of aliphatic hydroxyl groups is 5. The summed E-state index contributed by atoms with van der Waals surface area (Å²) in [4.78, 5) is 22.1. The molecule has 15 heteroatoms. The summed E-state index contributed by atoms with van der Waals surface area (Å²) in [5, 5.41) is 76.2. The second kappa shape index (κ2) is 11.5. The van der Waals surface area contributed by atoms with Crippen molar-refractivity contribution in [3.8, 4) is 5.75 Å². The van der Waals surface area contributed by atoms with Crippen molar-refractivity contribution in [2.75, 3.05) is 13.2 Å². The van der Waals surface area contributed by atoms with Gasteiger partial charge in [0.25, 0.3) is 0 Å². The fraction of sp³-hybridized carbons (Fsp3) is 0.650. The van der Waals surface area contributed by atoms with Crippen molar-refractivity contribution < 1.29 is 59.3 Å². The normalized spacial score (nSPS) is 37.5. The minimum atomic E-state index is -1.98. The third-order valence-corrected chi connectivity index (χ3v) is 5.64. The van der Waals surface area contributed by atoms with Crippen LogP contribution in [0.1, 0.15) is 6.92 Å². The van der Waals surface area contributed by atoms with E-state index in [1.54, 1.807) is 0 Å². The highest BCUT2D eigenvalue weighted by Gasteiger charge is 2.47. The number of carbonyl (C=O) groups excluding carboxylic acids is 1. The van der Waals surface area contributed by atoms with Gasteiger partial charge in [0.15, 0.2) is 18.1 Å². The lowest BCUT2D eigenvalue weighted by Crippen LogP contribution is -2.69. The van der Waals surface area contributed by atoms with Crippen molar-refractivity contribution in [2.45, 2.75) is 68.3 Å². The molecule has 2 saturated heterocycles. The number of nitrogens with zero attached hydrogens (tertiary/aromatic N) is 1. The molecule has 0 aromatic heterocycles. The van der Waals surface area contributed by atoms with Crippen LogP contribution in [0.15, 0.2) is 24.3 Å². The Balaban J connectivity index is 1.82. The summed E-state index contributed by atoms with van der Waals surface area (Å²) in [6, 6.07) is 3.79. The van der Waals surface area contributed by atoms with Crippen LogP contribution in [0.3, 0.4) is 0 Å². The zero-order chi connectivity index (χ0) is 25.9. The average Bonchev–Trinajstić information content (AvgIpc) is 2.82. The van der Waals surface area contributed by atoms with Gasteiger partial charge in [-0.1, -0.05) is 12.1 Å². The van der Waals surface area contributed by atoms with Crippen LogP contribution in [0.5, 0.6) is 5.75 Å². The van der Waals surface area contributed by atoms with E-state index >= 15 is 0 Å². The van der Waals surface area contributed by atoms with E-state index in [-0.39, 0.29) is 5.75 Å². The Morgan fingerprint density at radius 2 is 1.77 bits per heavy atom. The largest absolute Gasteiger partial charge is 0.829 e. The first-order chi connectivity index (χ1) is 16.5. The standard InChI is InChI=1S/C20H27N2O13/c1-8(24)21-13-15(26)18(33-10-5-3-2-4-9(10)22(30)31)12(34-19(13)29)7-32-20-17(28)16(27)14(25)11(6-23)35-20/h2-5,11-20,23,25-28H,6-7H2,1H3,(H,21,24)/q-1/t11-,12-,13-,14+,15-,16+,17-,18-,19-,20-/m1/s1. The molecule has 1 aromatic rings. The fourth-order valence-corrected chi connectivity index (χ4v) is 3.84. The monoisotopic (exact) mass is 503 g/mol. The third-order valence-electron chi connectivity index (χ3n) is 5.64. The third kappa shape index (κ3) is 6.03. The molecule has 35 heavy (non-hydrogen) atoms. The predicted molar refractivity (Wildman–Crippen MR) is 110 cm³/mol. The highest BCUT2D eigenvalue weighted by atomic mass is 16.7. The van der Waals surface area contributed by atoms with Gasteiger partial charge in [-0.2, -0.15) is 0 Å². The number of nitrogens with one attached hydrogen (secondary N) is 1. The molecular formula is C20H27N2O13-. The van der Waals surface area contributed by atoms with Gasteiger partial charge in [-0.05, 0) is 6.07 Å². The number of nitro groups is 1. The number of carbonyl (C=O) groups is 1. The van der Waals surface area contributed by atoms with E-state index < -0.39 is 91.1 Å². The van der Waals surface area contributed by atoms with Gasteiger partial charge in [-0.3, -0.25) is 14.9 Å². The first kappa shape index (κ1) is 27.1. The van der Waals surface area contributed by atoms with Crippen molar-refractivity contribution in [1.82, 2.24) is 5.32 Å². The zero-order valence-electron chi connectivity index (χ0n) is 18.4. The van der Waals surface area contributed by atoms with Crippen LogP contribution in [0.25, 0.3) is 0 Å². The second-order valence-electron chi connectivity index (χ2n) is 8.10. The van der Waals surface area contributed by atoms with Crippen LogP contribution in [0.2, 0.25) is 0 Å². The van der Waals surface area contributed by atoms with Gasteiger partial charge < -0.3 is 54.9 Å². The molecule has 1 aromatic carbocycles. The van der Waals surface area contributed by atoms with Crippen LogP contribution in [-0.4, -0.2) is 111 Å². The zero-order valence-corrected chi connectivity index (χ0v) is 18.4. The van der Waals surface area contributed by atoms with Gasteiger partial charge in [0, 0.05) is 19.3 Å². The van der Waals surface area contributed by atoms with Crippen LogP contribution in [-0.2, 0) is 19.0 Å². The van der Waals surface area contributed by atoms with Crippen molar-refractivity contribution >= 4 is 11.6 Å². The molecule has 0 radical (unpaired) electrons. The SMILES string of the molecule is CC(=O)N[C@@H]1[C@@H](O)[C@H](Oc2ccccc2[N+](=O)[O-])[C@@H](CO[C@@H]2O[C@H](CO)[C@H](O)[C@H](O)[C@H]2O)O[C@H]1[O-]. The first-order valence-electron chi connectivity index (χ1n) is 10.6. The fourth-order valence-electron chi connectivity index (χ4n) is 3.84. The number of amides is 1. The summed E-state index contributed by atoms with van der Waals surface area (Å²) in [5.41, 5.74) is -0.436. The second-order valence-corrected chi connectivity index (χ2v) is 8.10. The predicted octanol–water partition coefficient (Wildman–Crippen LogP) is -3.89. The molecule has 0 aliphatic carbocycles. The summed E-state index contributed by atoms with van der Waals surface area (Å²) < 4.78 is 21.6.